The number of benzene rings is 1. The monoisotopic (exact) mass is 354 g/mol. The van der Waals surface area contributed by atoms with E-state index in [0.29, 0.717) is 29.7 Å². The molecule has 6 nitrogen and oxygen atoms in total. The number of piperidine rings is 1. The van der Waals surface area contributed by atoms with E-state index in [1.807, 2.05) is 38.1 Å². The number of aromatic nitrogens is 2. The van der Waals surface area contributed by atoms with Crippen molar-refractivity contribution in [2.45, 2.75) is 33.6 Å². The summed E-state index contributed by atoms with van der Waals surface area (Å²) < 4.78 is 5.57. The van der Waals surface area contributed by atoms with Crippen LogP contribution in [0.4, 0.5) is 11.6 Å². The molecule has 138 valence electrons. The summed E-state index contributed by atoms with van der Waals surface area (Å²) in [6.07, 6.45) is 2.25. The SMILES string of the molecule is CCOc1ccccc1NC(=O)c1cc(C)nc(N2CCC(C)CC2)n1. The van der Waals surface area contributed by atoms with Crippen molar-refractivity contribution < 1.29 is 9.53 Å². The van der Waals surface area contributed by atoms with Gasteiger partial charge in [-0.15, -0.1) is 0 Å². The predicted octanol–water partition coefficient (Wildman–Crippen LogP) is 3.67. The molecule has 0 spiro atoms. The summed E-state index contributed by atoms with van der Waals surface area (Å²) in [5, 5.41) is 2.90. The van der Waals surface area contributed by atoms with Crippen molar-refractivity contribution in [1.82, 2.24) is 9.97 Å². The van der Waals surface area contributed by atoms with Gasteiger partial charge in [-0.1, -0.05) is 19.1 Å². The molecule has 0 bridgehead atoms. The van der Waals surface area contributed by atoms with Crippen molar-refractivity contribution in [2.75, 3.05) is 29.9 Å². The Morgan fingerprint density at radius 3 is 2.73 bits per heavy atom. The largest absolute Gasteiger partial charge is 0.492 e. The van der Waals surface area contributed by atoms with Crippen LogP contribution in [0.15, 0.2) is 30.3 Å². The van der Waals surface area contributed by atoms with Crippen LogP contribution in [-0.2, 0) is 0 Å². The molecule has 0 unspecified atom stereocenters. The van der Waals surface area contributed by atoms with Crippen molar-refractivity contribution in [3.8, 4) is 5.75 Å². The number of amides is 1. The average Bonchev–Trinajstić information content (AvgIpc) is 2.63. The number of ether oxygens (including phenoxy) is 1. The van der Waals surface area contributed by atoms with Crippen LogP contribution in [0.1, 0.15) is 42.9 Å². The number of anilines is 2. The highest BCUT2D eigenvalue weighted by Crippen LogP contribution is 2.25. The van der Waals surface area contributed by atoms with Gasteiger partial charge in [0.05, 0.1) is 12.3 Å². The Bertz CT molecular complexity index is 770. The Morgan fingerprint density at radius 1 is 1.27 bits per heavy atom. The van der Waals surface area contributed by atoms with E-state index in [0.717, 1.165) is 37.5 Å². The molecular formula is C20H26N4O2. The molecule has 26 heavy (non-hydrogen) atoms. The number of carbonyl (C=O) groups is 1. The zero-order chi connectivity index (χ0) is 18.5. The van der Waals surface area contributed by atoms with Crippen molar-refractivity contribution >= 4 is 17.5 Å². The molecule has 6 heteroatoms. The fourth-order valence-electron chi connectivity index (χ4n) is 3.06. The van der Waals surface area contributed by atoms with Crippen LogP contribution in [0, 0.1) is 12.8 Å². The van der Waals surface area contributed by atoms with Gasteiger partial charge >= 0.3 is 0 Å². The number of hydrogen-bond donors (Lipinski definition) is 1. The molecule has 1 aliphatic heterocycles. The molecule has 0 saturated carbocycles. The third kappa shape index (κ3) is 4.31. The fourth-order valence-corrected chi connectivity index (χ4v) is 3.06. The van der Waals surface area contributed by atoms with Crippen LogP contribution in [0.5, 0.6) is 5.75 Å². The van der Waals surface area contributed by atoms with Gasteiger partial charge in [0.15, 0.2) is 0 Å². The Kier molecular flexibility index (Phi) is 5.71. The lowest BCUT2D eigenvalue weighted by Gasteiger charge is -2.30. The van der Waals surface area contributed by atoms with Crippen LogP contribution in [0.3, 0.4) is 0 Å². The third-order valence-corrected chi connectivity index (χ3v) is 4.58. The highest BCUT2D eigenvalue weighted by Gasteiger charge is 2.20. The van der Waals surface area contributed by atoms with E-state index in [-0.39, 0.29) is 5.91 Å². The summed E-state index contributed by atoms with van der Waals surface area (Å²) in [6, 6.07) is 9.12. The highest BCUT2D eigenvalue weighted by atomic mass is 16.5. The minimum Gasteiger partial charge on any atom is -0.492 e. The summed E-state index contributed by atoms with van der Waals surface area (Å²) >= 11 is 0. The number of hydrogen-bond acceptors (Lipinski definition) is 5. The number of aryl methyl sites for hydroxylation is 1. The van der Waals surface area contributed by atoms with E-state index in [1.165, 1.54) is 0 Å². The maximum Gasteiger partial charge on any atom is 0.274 e. The Morgan fingerprint density at radius 2 is 2.00 bits per heavy atom. The summed E-state index contributed by atoms with van der Waals surface area (Å²) in [4.78, 5) is 23.9. The number of nitrogens with zero attached hydrogens (tertiary/aromatic N) is 3. The first-order chi connectivity index (χ1) is 12.6. The quantitative estimate of drug-likeness (QED) is 0.887. The van der Waals surface area contributed by atoms with Crippen LogP contribution < -0.4 is 15.0 Å². The molecule has 2 heterocycles. The zero-order valence-electron chi connectivity index (χ0n) is 15.7. The first kappa shape index (κ1) is 18.2. The van der Waals surface area contributed by atoms with Gasteiger partial charge in [0.2, 0.25) is 5.95 Å². The van der Waals surface area contributed by atoms with Gasteiger partial charge < -0.3 is 15.0 Å². The van der Waals surface area contributed by atoms with E-state index in [9.17, 15) is 4.79 Å². The summed E-state index contributed by atoms with van der Waals surface area (Å²) in [5.41, 5.74) is 1.80. The maximum absolute atomic E-state index is 12.7. The summed E-state index contributed by atoms with van der Waals surface area (Å²) in [5.74, 6) is 1.77. The molecule has 0 atom stereocenters. The average molecular weight is 354 g/mol. The van der Waals surface area contributed by atoms with Gasteiger partial charge in [0.25, 0.3) is 5.91 Å². The smallest absolute Gasteiger partial charge is 0.274 e. The number of nitrogens with one attached hydrogen (secondary N) is 1. The standard InChI is InChI=1S/C20H26N4O2/c1-4-26-18-8-6-5-7-16(18)22-19(25)17-13-15(3)21-20(23-17)24-11-9-14(2)10-12-24/h5-8,13-14H,4,9-12H2,1-3H3,(H,22,25). The van der Waals surface area contributed by atoms with E-state index < -0.39 is 0 Å². The minimum absolute atomic E-state index is 0.255. The molecule has 3 rings (SSSR count). The van der Waals surface area contributed by atoms with Crippen LogP contribution in [0.2, 0.25) is 0 Å². The van der Waals surface area contributed by atoms with Gasteiger partial charge in [-0.2, -0.15) is 0 Å². The molecule has 1 amide bonds. The van der Waals surface area contributed by atoms with Gasteiger partial charge in [-0.25, -0.2) is 9.97 Å². The van der Waals surface area contributed by atoms with Crippen LogP contribution >= 0.6 is 0 Å². The number of para-hydroxylation sites is 2. The van der Waals surface area contributed by atoms with Gasteiger partial charge in [-0.05, 0) is 50.8 Å². The number of carbonyl (C=O) groups excluding carboxylic acids is 1. The molecule has 1 aromatic heterocycles. The normalized spacial score (nSPS) is 15.0. The second-order valence-corrected chi connectivity index (χ2v) is 6.75. The van der Waals surface area contributed by atoms with Crippen molar-refractivity contribution in [3.05, 3.63) is 41.7 Å². The molecule has 0 radical (unpaired) electrons. The first-order valence-electron chi connectivity index (χ1n) is 9.20. The van der Waals surface area contributed by atoms with E-state index >= 15 is 0 Å². The molecular weight excluding hydrogens is 328 g/mol. The fraction of sp³-hybridized carbons (Fsp3) is 0.450. The second kappa shape index (κ2) is 8.17. The lowest BCUT2D eigenvalue weighted by atomic mass is 10.00. The minimum atomic E-state index is -0.255. The van der Waals surface area contributed by atoms with E-state index in [4.69, 9.17) is 4.74 Å². The van der Waals surface area contributed by atoms with Crippen LogP contribution in [-0.4, -0.2) is 35.6 Å². The predicted molar refractivity (Wildman–Crippen MR) is 103 cm³/mol. The topological polar surface area (TPSA) is 67.3 Å². The molecule has 1 saturated heterocycles. The van der Waals surface area contributed by atoms with Gasteiger partial charge in [0.1, 0.15) is 11.4 Å². The van der Waals surface area contributed by atoms with Gasteiger partial charge in [0, 0.05) is 18.8 Å². The lowest BCUT2D eigenvalue weighted by Crippen LogP contribution is -2.34. The highest BCUT2D eigenvalue weighted by molar-refractivity contribution is 6.03. The van der Waals surface area contributed by atoms with E-state index in [1.54, 1.807) is 6.07 Å². The lowest BCUT2D eigenvalue weighted by molar-refractivity contribution is 0.102. The zero-order valence-corrected chi connectivity index (χ0v) is 15.7. The van der Waals surface area contributed by atoms with E-state index in [2.05, 4.69) is 27.1 Å². The first-order valence-corrected chi connectivity index (χ1v) is 9.20. The molecule has 0 aliphatic carbocycles. The molecule has 1 aliphatic rings. The maximum atomic E-state index is 12.7. The molecule has 1 N–H and O–H groups in total. The van der Waals surface area contributed by atoms with Gasteiger partial charge in [-0.3, -0.25) is 4.79 Å². The summed E-state index contributed by atoms with van der Waals surface area (Å²) in [6.45, 7) is 8.47. The molecule has 1 aromatic carbocycles. The van der Waals surface area contributed by atoms with Crippen LogP contribution in [0.25, 0.3) is 0 Å². The summed E-state index contributed by atoms with van der Waals surface area (Å²) in [7, 11) is 0. The Hall–Kier alpha value is -2.63. The van der Waals surface area contributed by atoms with Crippen molar-refractivity contribution in [3.63, 3.8) is 0 Å². The second-order valence-electron chi connectivity index (χ2n) is 6.75. The Balaban J connectivity index is 1.79. The third-order valence-electron chi connectivity index (χ3n) is 4.58. The molecule has 2 aromatic rings. The number of rotatable bonds is 5. The van der Waals surface area contributed by atoms with Crippen molar-refractivity contribution in [2.24, 2.45) is 5.92 Å². The van der Waals surface area contributed by atoms with Crippen molar-refractivity contribution in [1.29, 1.82) is 0 Å². The molecule has 1 fully saturated rings. The Labute approximate surface area is 154 Å².